The first-order chi connectivity index (χ1) is 10.6. The van der Waals surface area contributed by atoms with E-state index in [0.29, 0.717) is 6.54 Å². The molecule has 1 amide bonds. The number of alkyl carbamates (subject to hydrolysis) is 1. The number of hydrogen-bond donors (Lipinski definition) is 1. The number of ether oxygens (including phenoxy) is 1. The number of carbonyl (C=O) groups excluding carboxylic acids is 1. The van der Waals surface area contributed by atoms with Crippen molar-refractivity contribution in [2.75, 3.05) is 6.54 Å². The Balaban J connectivity index is 1.73. The predicted octanol–water partition coefficient (Wildman–Crippen LogP) is 4.59. The Labute approximate surface area is 135 Å². The van der Waals surface area contributed by atoms with Crippen molar-refractivity contribution in [2.24, 2.45) is 0 Å². The van der Waals surface area contributed by atoms with E-state index < -0.39 is 6.09 Å². The van der Waals surface area contributed by atoms with E-state index in [-0.39, 0.29) is 6.61 Å². The van der Waals surface area contributed by atoms with Crippen LogP contribution in [0.3, 0.4) is 0 Å². The van der Waals surface area contributed by atoms with E-state index in [4.69, 9.17) is 16.3 Å². The Morgan fingerprint density at radius 3 is 2.73 bits per heavy atom. The Bertz CT molecular complexity index is 653. The van der Waals surface area contributed by atoms with Crippen LogP contribution in [0.5, 0.6) is 0 Å². The van der Waals surface area contributed by atoms with Crippen molar-refractivity contribution in [2.45, 2.75) is 13.5 Å². The zero-order valence-corrected chi connectivity index (χ0v) is 13.1. The van der Waals surface area contributed by atoms with Gasteiger partial charge in [-0.2, -0.15) is 0 Å². The number of amides is 1. The van der Waals surface area contributed by atoms with Gasteiger partial charge in [-0.15, -0.1) is 0 Å². The van der Waals surface area contributed by atoms with Crippen LogP contribution in [-0.2, 0) is 11.3 Å². The summed E-state index contributed by atoms with van der Waals surface area (Å²) in [4.78, 5) is 11.6. The summed E-state index contributed by atoms with van der Waals surface area (Å²) < 4.78 is 5.12. The average Bonchev–Trinajstić information content (AvgIpc) is 2.52. The summed E-state index contributed by atoms with van der Waals surface area (Å²) in [6.07, 6.45) is 3.39. The molecule has 22 heavy (non-hydrogen) atoms. The molecule has 0 spiro atoms. The van der Waals surface area contributed by atoms with Crippen LogP contribution < -0.4 is 5.32 Å². The highest BCUT2D eigenvalue weighted by Gasteiger charge is 2.00. The fraction of sp³-hybridized carbons (Fsp3) is 0.167. The van der Waals surface area contributed by atoms with Crippen LogP contribution in [0.1, 0.15) is 16.7 Å². The average molecular weight is 316 g/mol. The molecule has 0 aliphatic heterocycles. The summed E-state index contributed by atoms with van der Waals surface area (Å²) in [5.74, 6) is 0. The van der Waals surface area contributed by atoms with E-state index in [9.17, 15) is 4.79 Å². The molecule has 0 aliphatic carbocycles. The van der Waals surface area contributed by atoms with E-state index in [1.54, 1.807) is 0 Å². The van der Waals surface area contributed by atoms with Crippen LogP contribution in [0.4, 0.5) is 4.79 Å². The first kappa shape index (κ1) is 16.1. The van der Waals surface area contributed by atoms with E-state index >= 15 is 0 Å². The molecule has 4 heteroatoms. The first-order valence-electron chi connectivity index (χ1n) is 7.02. The maximum absolute atomic E-state index is 11.6. The smallest absolute Gasteiger partial charge is 0.407 e. The molecule has 0 bridgehead atoms. The van der Waals surface area contributed by atoms with Crippen molar-refractivity contribution in [1.29, 1.82) is 0 Å². The number of rotatable bonds is 5. The van der Waals surface area contributed by atoms with Crippen LogP contribution in [-0.4, -0.2) is 12.6 Å². The van der Waals surface area contributed by atoms with Gasteiger partial charge in [0.1, 0.15) is 6.61 Å². The van der Waals surface area contributed by atoms with Crippen molar-refractivity contribution < 1.29 is 9.53 Å². The number of carbonyl (C=O) groups is 1. The normalized spacial score (nSPS) is 10.6. The van der Waals surface area contributed by atoms with Crippen LogP contribution in [0.25, 0.3) is 6.08 Å². The molecule has 2 aromatic carbocycles. The molecule has 114 valence electrons. The van der Waals surface area contributed by atoms with Gasteiger partial charge in [0.15, 0.2) is 0 Å². The monoisotopic (exact) mass is 315 g/mol. The van der Waals surface area contributed by atoms with E-state index in [1.807, 2.05) is 67.6 Å². The van der Waals surface area contributed by atoms with Gasteiger partial charge in [0, 0.05) is 11.6 Å². The number of benzene rings is 2. The Morgan fingerprint density at radius 1 is 1.23 bits per heavy atom. The third kappa shape index (κ3) is 5.26. The van der Waals surface area contributed by atoms with E-state index in [1.165, 1.54) is 0 Å². The third-order valence-electron chi connectivity index (χ3n) is 3.11. The minimum absolute atomic E-state index is 0.271. The molecule has 0 aromatic heterocycles. The quantitative estimate of drug-likeness (QED) is 0.876. The Morgan fingerprint density at radius 2 is 2.00 bits per heavy atom. The van der Waals surface area contributed by atoms with Gasteiger partial charge in [-0.1, -0.05) is 60.2 Å². The Hall–Kier alpha value is -2.26. The fourth-order valence-corrected chi connectivity index (χ4v) is 2.16. The molecule has 0 unspecified atom stereocenters. The summed E-state index contributed by atoms with van der Waals surface area (Å²) >= 11 is 5.91. The molecule has 0 saturated carbocycles. The lowest BCUT2D eigenvalue weighted by Crippen LogP contribution is -2.24. The van der Waals surface area contributed by atoms with Crippen molar-refractivity contribution in [3.63, 3.8) is 0 Å². The number of halogens is 1. The Kier molecular flexibility index (Phi) is 6.04. The molecular weight excluding hydrogens is 298 g/mol. The highest BCUT2D eigenvalue weighted by atomic mass is 35.5. The second kappa shape index (κ2) is 8.25. The molecule has 0 heterocycles. The summed E-state index contributed by atoms with van der Waals surface area (Å²) in [5.41, 5.74) is 3.13. The molecular formula is C18H18ClNO2. The standard InChI is InChI=1S/C18H18ClNO2/c1-14-12-17(19)10-9-16(14)8-5-11-20-18(21)22-13-15-6-3-2-4-7-15/h2-10,12H,11,13H2,1H3,(H,20,21). The maximum Gasteiger partial charge on any atom is 0.407 e. The largest absolute Gasteiger partial charge is 0.445 e. The second-order valence-corrected chi connectivity index (χ2v) is 5.28. The summed E-state index contributed by atoms with van der Waals surface area (Å²) in [6.45, 7) is 2.68. The fourth-order valence-electron chi connectivity index (χ4n) is 1.93. The molecule has 0 aliphatic rings. The zero-order valence-electron chi connectivity index (χ0n) is 12.4. The van der Waals surface area contributed by atoms with Gasteiger partial charge in [-0.05, 0) is 35.7 Å². The molecule has 1 N–H and O–H groups in total. The lowest BCUT2D eigenvalue weighted by Gasteiger charge is -2.05. The highest BCUT2D eigenvalue weighted by molar-refractivity contribution is 6.30. The van der Waals surface area contributed by atoms with Crippen molar-refractivity contribution in [1.82, 2.24) is 5.32 Å². The van der Waals surface area contributed by atoms with Gasteiger partial charge in [-0.3, -0.25) is 0 Å². The minimum atomic E-state index is -0.429. The third-order valence-corrected chi connectivity index (χ3v) is 3.34. The summed E-state index contributed by atoms with van der Waals surface area (Å²) in [6, 6.07) is 15.3. The van der Waals surface area contributed by atoms with Gasteiger partial charge in [0.2, 0.25) is 0 Å². The van der Waals surface area contributed by atoms with E-state index in [0.717, 1.165) is 21.7 Å². The number of aryl methyl sites for hydroxylation is 1. The second-order valence-electron chi connectivity index (χ2n) is 4.85. The highest BCUT2D eigenvalue weighted by Crippen LogP contribution is 2.16. The van der Waals surface area contributed by atoms with Crippen molar-refractivity contribution in [3.8, 4) is 0 Å². The van der Waals surface area contributed by atoms with E-state index in [2.05, 4.69) is 5.32 Å². The van der Waals surface area contributed by atoms with Crippen LogP contribution in [0, 0.1) is 6.92 Å². The van der Waals surface area contributed by atoms with Crippen LogP contribution >= 0.6 is 11.6 Å². The number of nitrogens with one attached hydrogen (secondary N) is 1. The van der Waals surface area contributed by atoms with Crippen LogP contribution in [0.2, 0.25) is 5.02 Å². The topological polar surface area (TPSA) is 38.3 Å². The van der Waals surface area contributed by atoms with Gasteiger partial charge in [0.25, 0.3) is 0 Å². The molecule has 2 aromatic rings. The number of hydrogen-bond acceptors (Lipinski definition) is 2. The molecule has 0 fully saturated rings. The van der Waals surface area contributed by atoms with Gasteiger partial charge in [0.05, 0.1) is 0 Å². The zero-order chi connectivity index (χ0) is 15.8. The summed E-state index contributed by atoms with van der Waals surface area (Å²) in [7, 11) is 0. The maximum atomic E-state index is 11.6. The molecule has 0 saturated heterocycles. The summed E-state index contributed by atoms with van der Waals surface area (Å²) in [5, 5.41) is 3.40. The lowest BCUT2D eigenvalue weighted by molar-refractivity contribution is 0.141. The SMILES string of the molecule is Cc1cc(Cl)ccc1C=CCNC(=O)OCc1ccccc1. The van der Waals surface area contributed by atoms with Crippen LogP contribution in [0.15, 0.2) is 54.6 Å². The first-order valence-corrected chi connectivity index (χ1v) is 7.40. The molecule has 3 nitrogen and oxygen atoms in total. The van der Waals surface area contributed by atoms with Crippen molar-refractivity contribution >= 4 is 23.8 Å². The predicted molar refractivity (Wildman–Crippen MR) is 89.9 cm³/mol. The molecule has 2 rings (SSSR count). The molecule has 0 radical (unpaired) electrons. The van der Waals surface area contributed by atoms with Gasteiger partial charge < -0.3 is 10.1 Å². The van der Waals surface area contributed by atoms with Gasteiger partial charge >= 0.3 is 6.09 Å². The molecule has 0 atom stereocenters. The minimum Gasteiger partial charge on any atom is -0.445 e. The van der Waals surface area contributed by atoms with Gasteiger partial charge in [-0.25, -0.2) is 4.79 Å². The van der Waals surface area contributed by atoms with Crippen molar-refractivity contribution in [3.05, 3.63) is 76.3 Å². The lowest BCUT2D eigenvalue weighted by atomic mass is 10.1.